The molecule has 2 nitrogen and oxygen atoms in total. The lowest BCUT2D eigenvalue weighted by Crippen LogP contribution is -2.27. The van der Waals surface area contributed by atoms with E-state index in [2.05, 4.69) is 25.1 Å². The molecule has 2 atom stereocenters. The third kappa shape index (κ3) is 2.38. The number of ether oxygens (including phenoxy) is 1. The fraction of sp³-hybridized carbons (Fsp3) is 0.571. The summed E-state index contributed by atoms with van der Waals surface area (Å²) in [4.78, 5) is 0. The van der Waals surface area contributed by atoms with Crippen molar-refractivity contribution < 1.29 is 4.74 Å². The second-order valence-corrected chi connectivity index (χ2v) is 4.85. The van der Waals surface area contributed by atoms with E-state index in [9.17, 15) is 0 Å². The van der Waals surface area contributed by atoms with Gasteiger partial charge in [-0.3, -0.25) is 0 Å². The standard InChI is InChI=1S/C14H21NO/c1-10-8-13(16-2)6-7-14(10)11-4-3-5-12(15)9-11/h6-8,11-12H,3-5,9,15H2,1-2H3. The van der Waals surface area contributed by atoms with Crippen molar-refractivity contribution in [1.82, 2.24) is 0 Å². The summed E-state index contributed by atoms with van der Waals surface area (Å²) in [6, 6.07) is 6.77. The van der Waals surface area contributed by atoms with Crippen molar-refractivity contribution in [3.8, 4) is 5.75 Å². The highest BCUT2D eigenvalue weighted by Gasteiger charge is 2.21. The minimum atomic E-state index is 0.389. The molecule has 0 aromatic heterocycles. The van der Waals surface area contributed by atoms with Crippen molar-refractivity contribution in [2.45, 2.75) is 44.6 Å². The number of hydrogen-bond donors (Lipinski definition) is 1. The molecule has 2 rings (SSSR count). The van der Waals surface area contributed by atoms with Gasteiger partial charge in [0.05, 0.1) is 7.11 Å². The Morgan fingerprint density at radius 3 is 2.75 bits per heavy atom. The van der Waals surface area contributed by atoms with Crippen molar-refractivity contribution in [1.29, 1.82) is 0 Å². The lowest BCUT2D eigenvalue weighted by atomic mass is 9.80. The summed E-state index contributed by atoms with van der Waals surface area (Å²) < 4.78 is 5.23. The maximum atomic E-state index is 6.04. The molecule has 16 heavy (non-hydrogen) atoms. The molecule has 0 amide bonds. The van der Waals surface area contributed by atoms with Crippen LogP contribution in [-0.2, 0) is 0 Å². The number of rotatable bonds is 2. The predicted octanol–water partition coefficient (Wildman–Crippen LogP) is 2.99. The largest absolute Gasteiger partial charge is 0.497 e. The van der Waals surface area contributed by atoms with Crippen molar-refractivity contribution in [3.63, 3.8) is 0 Å². The minimum Gasteiger partial charge on any atom is -0.497 e. The second kappa shape index (κ2) is 4.88. The second-order valence-electron chi connectivity index (χ2n) is 4.85. The summed E-state index contributed by atoms with van der Waals surface area (Å²) in [5.74, 6) is 1.59. The smallest absolute Gasteiger partial charge is 0.119 e. The van der Waals surface area contributed by atoms with Gasteiger partial charge in [0.25, 0.3) is 0 Å². The zero-order valence-corrected chi connectivity index (χ0v) is 10.2. The molecule has 1 fully saturated rings. The fourth-order valence-electron chi connectivity index (χ4n) is 2.74. The van der Waals surface area contributed by atoms with Crippen LogP contribution >= 0.6 is 0 Å². The molecular formula is C14H21NO. The lowest BCUT2D eigenvalue weighted by Gasteiger charge is -2.28. The van der Waals surface area contributed by atoms with Crippen LogP contribution in [0.15, 0.2) is 18.2 Å². The highest BCUT2D eigenvalue weighted by Crippen LogP contribution is 2.34. The van der Waals surface area contributed by atoms with E-state index >= 15 is 0 Å². The zero-order valence-electron chi connectivity index (χ0n) is 10.2. The Bertz CT molecular complexity index is 362. The normalized spacial score (nSPS) is 25.4. The van der Waals surface area contributed by atoms with Gasteiger partial charge in [-0.25, -0.2) is 0 Å². The van der Waals surface area contributed by atoms with Crippen LogP contribution in [0.4, 0.5) is 0 Å². The van der Waals surface area contributed by atoms with Crippen molar-refractivity contribution in [2.24, 2.45) is 5.73 Å². The van der Waals surface area contributed by atoms with Gasteiger partial charge in [0.1, 0.15) is 5.75 Å². The Balaban J connectivity index is 2.19. The van der Waals surface area contributed by atoms with Crippen LogP contribution in [0.5, 0.6) is 5.75 Å². The maximum Gasteiger partial charge on any atom is 0.119 e. The average Bonchev–Trinajstić information content (AvgIpc) is 2.28. The molecule has 2 heteroatoms. The van der Waals surface area contributed by atoms with E-state index < -0.39 is 0 Å². The Morgan fingerprint density at radius 1 is 1.31 bits per heavy atom. The summed E-state index contributed by atoms with van der Waals surface area (Å²) in [6.45, 7) is 2.16. The van der Waals surface area contributed by atoms with Crippen molar-refractivity contribution >= 4 is 0 Å². The van der Waals surface area contributed by atoms with Gasteiger partial charge in [-0.1, -0.05) is 12.5 Å². The Labute approximate surface area is 97.8 Å². The Morgan fingerprint density at radius 2 is 2.12 bits per heavy atom. The highest BCUT2D eigenvalue weighted by molar-refractivity contribution is 5.37. The molecule has 88 valence electrons. The molecule has 0 aliphatic heterocycles. The highest BCUT2D eigenvalue weighted by atomic mass is 16.5. The monoisotopic (exact) mass is 219 g/mol. The summed E-state index contributed by atoms with van der Waals surface area (Å²) >= 11 is 0. The van der Waals surface area contributed by atoms with Gasteiger partial charge >= 0.3 is 0 Å². The molecule has 2 unspecified atom stereocenters. The van der Waals surface area contributed by atoms with Crippen LogP contribution in [0.25, 0.3) is 0 Å². The van der Waals surface area contributed by atoms with Crippen LogP contribution in [0, 0.1) is 6.92 Å². The first-order valence-corrected chi connectivity index (χ1v) is 6.11. The van der Waals surface area contributed by atoms with E-state index in [4.69, 9.17) is 10.5 Å². The first kappa shape index (κ1) is 11.5. The van der Waals surface area contributed by atoms with Gasteiger partial charge in [-0.2, -0.15) is 0 Å². The topological polar surface area (TPSA) is 35.2 Å². The third-order valence-electron chi connectivity index (χ3n) is 3.63. The predicted molar refractivity (Wildman–Crippen MR) is 66.9 cm³/mol. The SMILES string of the molecule is COc1ccc(C2CCCC(N)C2)c(C)c1. The number of benzene rings is 1. The lowest BCUT2D eigenvalue weighted by molar-refractivity contribution is 0.390. The molecule has 0 heterocycles. The summed E-state index contributed by atoms with van der Waals surface area (Å²) in [7, 11) is 1.71. The van der Waals surface area contributed by atoms with Crippen LogP contribution < -0.4 is 10.5 Å². The summed E-state index contributed by atoms with van der Waals surface area (Å²) in [5.41, 5.74) is 8.83. The molecule has 0 saturated heterocycles. The molecule has 1 aromatic carbocycles. The maximum absolute atomic E-state index is 6.04. The molecule has 1 saturated carbocycles. The first-order valence-electron chi connectivity index (χ1n) is 6.11. The van der Waals surface area contributed by atoms with Gasteiger partial charge in [-0.15, -0.1) is 0 Å². The molecule has 1 aliphatic carbocycles. The van der Waals surface area contributed by atoms with E-state index in [1.54, 1.807) is 7.11 Å². The zero-order chi connectivity index (χ0) is 11.5. The molecule has 2 N–H and O–H groups in total. The number of hydrogen-bond acceptors (Lipinski definition) is 2. The molecule has 0 radical (unpaired) electrons. The Hall–Kier alpha value is -1.02. The molecule has 0 bridgehead atoms. The van der Waals surface area contributed by atoms with E-state index in [-0.39, 0.29) is 0 Å². The van der Waals surface area contributed by atoms with Gasteiger partial charge in [-0.05, 0) is 55.4 Å². The number of nitrogens with two attached hydrogens (primary N) is 1. The van der Waals surface area contributed by atoms with Crippen LogP contribution in [0.1, 0.15) is 42.7 Å². The molecular weight excluding hydrogens is 198 g/mol. The van der Waals surface area contributed by atoms with E-state index in [1.807, 2.05) is 0 Å². The quantitative estimate of drug-likeness (QED) is 0.830. The van der Waals surface area contributed by atoms with Gasteiger partial charge in [0.15, 0.2) is 0 Å². The summed E-state index contributed by atoms with van der Waals surface area (Å²) in [5, 5.41) is 0. The molecule has 1 aromatic rings. The van der Waals surface area contributed by atoms with Crippen molar-refractivity contribution in [2.75, 3.05) is 7.11 Å². The van der Waals surface area contributed by atoms with E-state index in [0.29, 0.717) is 12.0 Å². The van der Waals surface area contributed by atoms with E-state index in [1.165, 1.54) is 30.4 Å². The average molecular weight is 219 g/mol. The van der Waals surface area contributed by atoms with Crippen LogP contribution in [-0.4, -0.2) is 13.2 Å². The summed E-state index contributed by atoms with van der Waals surface area (Å²) in [6.07, 6.45) is 4.86. The number of aryl methyl sites for hydroxylation is 1. The molecule has 0 spiro atoms. The number of methoxy groups -OCH3 is 1. The van der Waals surface area contributed by atoms with E-state index in [0.717, 1.165) is 12.2 Å². The van der Waals surface area contributed by atoms with Crippen molar-refractivity contribution in [3.05, 3.63) is 29.3 Å². The first-order chi connectivity index (χ1) is 7.70. The minimum absolute atomic E-state index is 0.389. The fourth-order valence-corrected chi connectivity index (χ4v) is 2.74. The van der Waals surface area contributed by atoms with Gasteiger partial charge < -0.3 is 10.5 Å². The molecule has 1 aliphatic rings. The van der Waals surface area contributed by atoms with Crippen LogP contribution in [0.2, 0.25) is 0 Å². The van der Waals surface area contributed by atoms with Crippen LogP contribution in [0.3, 0.4) is 0 Å². The third-order valence-corrected chi connectivity index (χ3v) is 3.63. The van der Waals surface area contributed by atoms with Gasteiger partial charge in [0.2, 0.25) is 0 Å². The van der Waals surface area contributed by atoms with Gasteiger partial charge in [0, 0.05) is 6.04 Å². The Kier molecular flexibility index (Phi) is 3.49.